The molecule has 0 saturated carbocycles. The highest BCUT2D eigenvalue weighted by Gasteiger charge is 2.21. The normalized spacial score (nSPS) is 14.8. The number of ether oxygens (including phenoxy) is 1. The van der Waals surface area contributed by atoms with Crippen LogP contribution in [0.25, 0.3) is 4.96 Å². The van der Waals surface area contributed by atoms with E-state index in [9.17, 15) is 14.4 Å². The monoisotopic (exact) mass is 364 g/mol. The Balaban J connectivity index is 1.77. The number of nitrogens with one attached hydrogen (secondary N) is 1. The fourth-order valence-corrected chi connectivity index (χ4v) is 4.19. The maximum atomic E-state index is 12.4. The van der Waals surface area contributed by atoms with E-state index in [2.05, 4.69) is 10.3 Å². The van der Waals surface area contributed by atoms with Gasteiger partial charge < -0.3 is 15.8 Å². The summed E-state index contributed by atoms with van der Waals surface area (Å²) in [6.07, 6.45) is 4.43. The van der Waals surface area contributed by atoms with Crippen molar-refractivity contribution in [3.8, 4) is 0 Å². The molecule has 0 fully saturated rings. The molecule has 3 N–H and O–H groups in total. The Morgan fingerprint density at radius 2 is 2.20 bits per heavy atom. The van der Waals surface area contributed by atoms with Gasteiger partial charge in [-0.2, -0.15) is 0 Å². The number of urea groups is 1. The zero-order chi connectivity index (χ0) is 18.0. The first-order valence-electron chi connectivity index (χ1n) is 8.25. The molecular formula is C16H20N4O4S. The maximum absolute atomic E-state index is 12.4. The highest BCUT2D eigenvalue weighted by Crippen LogP contribution is 2.28. The molecule has 2 heterocycles. The Bertz CT molecular complexity index is 873. The Kier molecular flexibility index (Phi) is 5.03. The number of nitrogens with zero attached hydrogens (tertiary/aromatic N) is 2. The number of hydrogen-bond acceptors (Lipinski definition) is 6. The molecule has 8 nitrogen and oxygen atoms in total. The van der Waals surface area contributed by atoms with Gasteiger partial charge in [-0.05, 0) is 32.1 Å². The third-order valence-corrected chi connectivity index (χ3v) is 5.33. The van der Waals surface area contributed by atoms with Gasteiger partial charge in [0, 0.05) is 16.6 Å². The number of primary amides is 1. The lowest BCUT2D eigenvalue weighted by Gasteiger charge is -2.14. The molecule has 0 spiro atoms. The molecule has 9 heteroatoms. The second-order valence-electron chi connectivity index (χ2n) is 5.96. The summed E-state index contributed by atoms with van der Waals surface area (Å²) < 4.78 is 6.83. The standard InChI is InChI=1S/C16H20N4O4S/c1-2-10(19-15(17)23)14(22)24-8-9-7-13(21)20-11-5-3-4-6-12(11)25-16(20)18-9/h7,10H,2-6,8H2,1H3,(H3,17,19,23). The second kappa shape index (κ2) is 7.22. The summed E-state index contributed by atoms with van der Waals surface area (Å²) in [6, 6.07) is -0.202. The van der Waals surface area contributed by atoms with E-state index in [0.717, 1.165) is 31.4 Å². The van der Waals surface area contributed by atoms with Gasteiger partial charge in [0.2, 0.25) is 0 Å². The van der Waals surface area contributed by atoms with Crippen LogP contribution in [-0.4, -0.2) is 27.4 Å². The van der Waals surface area contributed by atoms with Crippen LogP contribution in [0.15, 0.2) is 10.9 Å². The van der Waals surface area contributed by atoms with Gasteiger partial charge in [-0.1, -0.05) is 6.92 Å². The summed E-state index contributed by atoms with van der Waals surface area (Å²) in [5.74, 6) is -0.603. The van der Waals surface area contributed by atoms with Crippen molar-refractivity contribution in [2.75, 3.05) is 0 Å². The third-order valence-electron chi connectivity index (χ3n) is 4.19. The number of rotatable bonds is 5. The number of thiazole rings is 1. The number of aryl methyl sites for hydroxylation is 2. The van der Waals surface area contributed by atoms with Crippen molar-refractivity contribution >= 4 is 28.3 Å². The van der Waals surface area contributed by atoms with Crippen LogP contribution in [0.3, 0.4) is 0 Å². The minimum Gasteiger partial charge on any atom is -0.458 e. The van der Waals surface area contributed by atoms with Crippen molar-refractivity contribution in [1.82, 2.24) is 14.7 Å². The fraction of sp³-hybridized carbons (Fsp3) is 0.500. The van der Waals surface area contributed by atoms with Crippen LogP contribution in [-0.2, 0) is 29.0 Å². The molecule has 134 valence electrons. The van der Waals surface area contributed by atoms with Gasteiger partial charge in [0.05, 0.1) is 5.69 Å². The lowest BCUT2D eigenvalue weighted by Crippen LogP contribution is -2.44. The highest BCUT2D eigenvalue weighted by atomic mass is 32.1. The van der Waals surface area contributed by atoms with Crippen LogP contribution in [0.5, 0.6) is 0 Å². The molecule has 0 saturated heterocycles. The first kappa shape index (κ1) is 17.4. The SMILES string of the molecule is CCC(NC(N)=O)C(=O)OCc1cc(=O)n2c3c(sc2n1)CCCC3. The first-order chi connectivity index (χ1) is 12.0. The predicted molar refractivity (Wildman–Crippen MR) is 92.6 cm³/mol. The number of hydrogen-bond donors (Lipinski definition) is 2. The summed E-state index contributed by atoms with van der Waals surface area (Å²) in [5, 5.41) is 2.32. The number of fused-ring (bicyclic) bond motifs is 3. The van der Waals surface area contributed by atoms with E-state index in [4.69, 9.17) is 10.5 Å². The van der Waals surface area contributed by atoms with Crippen LogP contribution >= 0.6 is 11.3 Å². The largest absolute Gasteiger partial charge is 0.458 e. The van der Waals surface area contributed by atoms with Gasteiger partial charge >= 0.3 is 12.0 Å². The average molecular weight is 364 g/mol. The van der Waals surface area contributed by atoms with Crippen LogP contribution in [0.1, 0.15) is 42.5 Å². The molecule has 2 aromatic rings. The van der Waals surface area contributed by atoms with Crippen molar-refractivity contribution in [3.63, 3.8) is 0 Å². The van der Waals surface area contributed by atoms with Gasteiger partial charge in [-0.25, -0.2) is 14.6 Å². The highest BCUT2D eigenvalue weighted by molar-refractivity contribution is 7.17. The van der Waals surface area contributed by atoms with Crippen molar-refractivity contribution in [1.29, 1.82) is 0 Å². The molecular weight excluding hydrogens is 344 g/mol. The van der Waals surface area contributed by atoms with Gasteiger partial charge in [0.25, 0.3) is 5.56 Å². The molecule has 0 aromatic carbocycles. The molecule has 0 aliphatic heterocycles. The minimum absolute atomic E-state index is 0.121. The zero-order valence-corrected chi connectivity index (χ0v) is 14.7. The zero-order valence-electron chi connectivity index (χ0n) is 13.9. The fourth-order valence-electron chi connectivity index (χ4n) is 2.96. The molecule has 1 aliphatic rings. The maximum Gasteiger partial charge on any atom is 0.329 e. The second-order valence-corrected chi connectivity index (χ2v) is 7.02. The van der Waals surface area contributed by atoms with Crippen molar-refractivity contribution in [2.45, 2.75) is 51.7 Å². The molecule has 1 unspecified atom stereocenters. The van der Waals surface area contributed by atoms with Crippen LogP contribution in [0, 0.1) is 0 Å². The number of amides is 2. The van der Waals surface area contributed by atoms with E-state index in [1.807, 2.05) is 0 Å². The number of esters is 1. The Labute approximate surface area is 148 Å². The first-order valence-corrected chi connectivity index (χ1v) is 9.07. The van der Waals surface area contributed by atoms with Gasteiger partial charge in [-0.3, -0.25) is 9.20 Å². The quantitative estimate of drug-likeness (QED) is 0.772. The molecule has 0 bridgehead atoms. The average Bonchev–Trinajstić information content (AvgIpc) is 2.96. The molecule has 25 heavy (non-hydrogen) atoms. The van der Waals surface area contributed by atoms with Gasteiger partial charge in [0.1, 0.15) is 12.6 Å². The Hall–Kier alpha value is -2.42. The van der Waals surface area contributed by atoms with Crippen LogP contribution in [0.2, 0.25) is 0 Å². The van der Waals surface area contributed by atoms with Gasteiger partial charge in [0.15, 0.2) is 4.96 Å². The van der Waals surface area contributed by atoms with E-state index < -0.39 is 18.0 Å². The molecule has 3 rings (SSSR count). The molecule has 0 radical (unpaired) electrons. The summed E-state index contributed by atoms with van der Waals surface area (Å²) >= 11 is 1.52. The molecule has 2 aromatic heterocycles. The van der Waals surface area contributed by atoms with Crippen molar-refractivity contribution in [2.24, 2.45) is 5.73 Å². The summed E-state index contributed by atoms with van der Waals surface area (Å²) in [6.45, 7) is 1.61. The molecule has 1 aliphatic carbocycles. The summed E-state index contributed by atoms with van der Waals surface area (Å²) in [4.78, 5) is 41.6. The number of carbonyl (C=O) groups is 2. The third kappa shape index (κ3) is 3.65. The lowest BCUT2D eigenvalue weighted by atomic mass is 10.0. The molecule has 1 atom stereocenters. The summed E-state index contributed by atoms with van der Waals surface area (Å²) in [7, 11) is 0. The van der Waals surface area contributed by atoms with E-state index >= 15 is 0 Å². The molecule has 2 amide bonds. The summed E-state index contributed by atoms with van der Waals surface area (Å²) in [5.41, 5.74) is 6.33. The van der Waals surface area contributed by atoms with Crippen molar-refractivity contribution in [3.05, 3.63) is 32.7 Å². The lowest BCUT2D eigenvalue weighted by molar-refractivity contribution is -0.147. The number of aromatic nitrogens is 2. The predicted octanol–water partition coefficient (Wildman–Crippen LogP) is 1.12. The van der Waals surface area contributed by atoms with Gasteiger partial charge in [-0.15, -0.1) is 11.3 Å². The minimum atomic E-state index is -0.809. The number of carbonyl (C=O) groups excluding carboxylic acids is 2. The number of nitrogens with two attached hydrogens (primary N) is 1. The van der Waals surface area contributed by atoms with Crippen LogP contribution < -0.4 is 16.6 Å². The van der Waals surface area contributed by atoms with E-state index in [0.29, 0.717) is 17.1 Å². The van der Waals surface area contributed by atoms with E-state index in [1.165, 1.54) is 22.3 Å². The smallest absolute Gasteiger partial charge is 0.329 e. The Morgan fingerprint density at radius 3 is 2.92 bits per heavy atom. The van der Waals surface area contributed by atoms with E-state index in [-0.39, 0.29) is 12.2 Å². The topological polar surface area (TPSA) is 116 Å². The van der Waals surface area contributed by atoms with Crippen LogP contribution in [0.4, 0.5) is 4.79 Å². The Morgan fingerprint density at radius 1 is 1.44 bits per heavy atom. The van der Waals surface area contributed by atoms with Crippen molar-refractivity contribution < 1.29 is 14.3 Å². The van der Waals surface area contributed by atoms with E-state index in [1.54, 1.807) is 11.3 Å².